The van der Waals surface area contributed by atoms with Crippen LogP contribution in [0.5, 0.6) is 0 Å². The summed E-state index contributed by atoms with van der Waals surface area (Å²) < 4.78 is 1.97. The van der Waals surface area contributed by atoms with E-state index in [1.54, 1.807) is 23.2 Å². The summed E-state index contributed by atoms with van der Waals surface area (Å²) in [4.78, 5) is 35.4. The van der Waals surface area contributed by atoms with Gasteiger partial charge < -0.3 is 25.7 Å². The molecule has 4 aromatic rings. The molecule has 7 rings (SSSR count). The SMILES string of the molecule is O=C(Nc1cccc(-c2cccc3c2CCN3C(=O)c2cc3n(n2)CCCC3N2CC[C@@H](O)C2)c1Cl)c1ccc(CNCCO)cn1. The highest BCUT2D eigenvalue weighted by Crippen LogP contribution is 2.42. The van der Waals surface area contributed by atoms with E-state index in [0.29, 0.717) is 49.0 Å². The zero-order chi connectivity index (χ0) is 32.5. The zero-order valence-corrected chi connectivity index (χ0v) is 26.8. The number of nitrogens with zero attached hydrogens (tertiary/aromatic N) is 5. The first-order valence-corrected chi connectivity index (χ1v) is 16.6. The quantitative estimate of drug-likeness (QED) is 0.199. The number of rotatable bonds is 9. The molecule has 0 saturated carbocycles. The van der Waals surface area contributed by atoms with Gasteiger partial charge in [-0.3, -0.25) is 24.2 Å². The van der Waals surface area contributed by atoms with Gasteiger partial charge in [0.1, 0.15) is 5.69 Å². The monoisotopic (exact) mass is 655 g/mol. The van der Waals surface area contributed by atoms with E-state index in [1.807, 2.05) is 47.1 Å². The fraction of sp³-hybridized carbons (Fsp3) is 0.371. The maximum absolute atomic E-state index is 13.9. The second-order valence-corrected chi connectivity index (χ2v) is 12.7. The molecule has 0 bridgehead atoms. The summed E-state index contributed by atoms with van der Waals surface area (Å²) in [6.07, 6.45) is 4.76. The van der Waals surface area contributed by atoms with Crippen molar-refractivity contribution in [3.63, 3.8) is 0 Å². The van der Waals surface area contributed by atoms with Crippen LogP contribution < -0.4 is 15.5 Å². The molecule has 1 unspecified atom stereocenters. The second kappa shape index (κ2) is 13.5. The molecule has 3 aliphatic rings. The lowest BCUT2D eigenvalue weighted by Gasteiger charge is -2.31. The molecule has 4 N–H and O–H groups in total. The maximum atomic E-state index is 13.9. The molecule has 5 heterocycles. The summed E-state index contributed by atoms with van der Waals surface area (Å²) in [6.45, 7) is 3.90. The number of aryl methyl sites for hydroxylation is 1. The number of amides is 2. The second-order valence-electron chi connectivity index (χ2n) is 12.4. The number of hydrogen-bond donors (Lipinski definition) is 4. The predicted molar refractivity (Wildman–Crippen MR) is 180 cm³/mol. The number of anilines is 2. The number of β-amino-alcohol motifs (C(OH)–C–C–N with tert-alkyl or cyclic N) is 1. The van der Waals surface area contributed by atoms with Crippen molar-refractivity contribution in [1.82, 2.24) is 25.0 Å². The molecule has 244 valence electrons. The number of fused-ring (bicyclic) bond motifs is 2. The summed E-state index contributed by atoms with van der Waals surface area (Å²) in [7, 11) is 0. The Morgan fingerprint density at radius 1 is 1.00 bits per heavy atom. The third-order valence-electron chi connectivity index (χ3n) is 9.34. The van der Waals surface area contributed by atoms with Crippen LogP contribution in [0, 0.1) is 0 Å². The van der Waals surface area contributed by atoms with Crippen molar-refractivity contribution in [2.24, 2.45) is 0 Å². The minimum atomic E-state index is -0.375. The number of carbonyl (C=O) groups is 2. The fourth-order valence-electron chi connectivity index (χ4n) is 7.02. The number of carbonyl (C=O) groups excluding carboxylic acids is 2. The normalized spacial score (nSPS) is 19.1. The molecule has 12 heteroatoms. The van der Waals surface area contributed by atoms with Crippen LogP contribution in [-0.2, 0) is 19.5 Å². The summed E-state index contributed by atoms with van der Waals surface area (Å²) in [5.41, 5.74) is 6.65. The molecule has 2 atom stereocenters. The minimum absolute atomic E-state index is 0.0514. The van der Waals surface area contributed by atoms with Crippen molar-refractivity contribution in [3.8, 4) is 11.1 Å². The molecular formula is C35H38ClN7O4. The number of likely N-dealkylation sites (tertiary alicyclic amines) is 1. The van der Waals surface area contributed by atoms with Crippen molar-refractivity contribution in [2.75, 3.05) is 43.0 Å². The number of aliphatic hydroxyl groups excluding tert-OH is 2. The van der Waals surface area contributed by atoms with E-state index in [9.17, 15) is 14.7 Å². The largest absolute Gasteiger partial charge is 0.395 e. The smallest absolute Gasteiger partial charge is 0.278 e. The molecule has 3 aliphatic heterocycles. The van der Waals surface area contributed by atoms with E-state index < -0.39 is 0 Å². The molecule has 47 heavy (non-hydrogen) atoms. The Morgan fingerprint density at radius 2 is 1.85 bits per heavy atom. The number of aromatic nitrogens is 3. The van der Waals surface area contributed by atoms with Crippen molar-refractivity contribution in [1.29, 1.82) is 0 Å². The van der Waals surface area contributed by atoms with Gasteiger partial charge >= 0.3 is 0 Å². The lowest BCUT2D eigenvalue weighted by molar-refractivity contribution is 0.0982. The average Bonchev–Trinajstić information content (AvgIpc) is 3.84. The third kappa shape index (κ3) is 6.29. The van der Waals surface area contributed by atoms with Gasteiger partial charge in [-0.15, -0.1) is 0 Å². The van der Waals surface area contributed by atoms with Crippen molar-refractivity contribution in [2.45, 2.75) is 50.9 Å². The van der Waals surface area contributed by atoms with E-state index >= 15 is 0 Å². The molecule has 11 nitrogen and oxygen atoms in total. The van der Waals surface area contributed by atoms with Gasteiger partial charge in [0.2, 0.25) is 0 Å². The molecule has 0 aliphatic carbocycles. The molecule has 1 fully saturated rings. The Labute approximate surface area is 278 Å². The average molecular weight is 656 g/mol. The Balaban J connectivity index is 1.10. The third-order valence-corrected chi connectivity index (χ3v) is 9.75. The molecular weight excluding hydrogens is 618 g/mol. The molecule has 2 amide bonds. The lowest BCUT2D eigenvalue weighted by atomic mass is 9.97. The van der Waals surface area contributed by atoms with Gasteiger partial charge in [0.05, 0.1) is 35.2 Å². The zero-order valence-electron chi connectivity index (χ0n) is 26.0. The van der Waals surface area contributed by atoms with Crippen LogP contribution in [0.4, 0.5) is 11.4 Å². The van der Waals surface area contributed by atoms with Crippen molar-refractivity contribution >= 4 is 34.8 Å². The molecule has 2 aromatic heterocycles. The van der Waals surface area contributed by atoms with Crippen molar-refractivity contribution < 1.29 is 19.8 Å². The Hall–Kier alpha value is -4.13. The van der Waals surface area contributed by atoms with Gasteiger partial charge in [0, 0.05) is 56.7 Å². The highest BCUT2D eigenvalue weighted by Gasteiger charge is 2.35. The standard InChI is InChI=1S/C35H38ClN7O4/c36-33-26(5-1-6-27(33)39-34(46)28-10-9-22(20-38-28)19-37-13-17-44)24-4-2-7-30-25(24)12-16-42(30)35(47)29-18-32-31(8-3-14-43(32)40-29)41-15-11-23(45)21-41/h1-2,4-7,9-10,18,20,23,31,37,44-45H,3,8,11-17,19,21H2,(H,39,46)/t23-,31?/m1/s1. The van der Waals surface area contributed by atoms with E-state index in [4.69, 9.17) is 21.8 Å². The number of pyridine rings is 1. The van der Waals surface area contributed by atoms with Gasteiger partial charge in [-0.05, 0) is 66.6 Å². The van der Waals surface area contributed by atoms with Crippen LogP contribution >= 0.6 is 11.6 Å². The number of halogens is 1. The van der Waals surface area contributed by atoms with E-state index in [0.717, 1.165) is 66.0 Å². The maximum Gasteiger partial charge on any atom is 0.278 e. The first-order valence-electron chi connectivity index (χ1n) is 16.2. The van der Waals surface area contributed by atoms with E-state index in [2.05, 4.69) is 20.5 Å². The Morgan fingerprint density at radius 3 is 2.64 bits per heavy atom. The van der Waals surface area contributed by atoms with Gasteiger partial charge in [0.25, 0.3) is 11.8 Å². The summed E-state index contributed by atoms with van der Waals surface area (Å²) >= 11 is 6.93. The Bertz CT molecular complexity index is 1790. The predicted octanol–water partition coefficient (Wildman–Crippen LogP) is 4.04. The number of benzene rings is 2. The molecule has 0 spiro atoms. The molecule has 0 radical (unpaired) electrons. The van der Waals surface area contributed by atoms with Gasteiger partial charge in [-0.25, -0.2) is 0 Å². The highest BCUT2D eigenvalue weighted by molar-refractivity contribution is 6.36. The van der Waals surface area contributed by atoms with Crippen LogP contribution in [0.2, 0.25) is 5.02 Å². The molecule has 1 saturated heterocycles. The van der Waals surface area contributed by atoms with Crippen molar-refractivity contribution in [3.05, 3.63) is 94.0 Å². The fourth-order valence-corrected chi connectivity index (χ4v) is 7.30. The number of hydrogen-bond acceptors (Lipinski definition) is 8. The summed E-state index contributed by atoms with van der Waals surface area (Å²) in [5.74, 6) is -0.502. The topological polar surface area (TPSA) is 136 Å². The molecule has 2 aromatic carbocycles. The minimum Gasteiger partial charge on any atom is -0.395 e. The van der Waals surface area contributed by atoms with Crippen LogP contribution in [0.15, 0.2) is 60.8 Å². The van der Waals surface area contributed by atoms with Gasteiger partial charge in [0.15, 0.2) is 5.69 Å². The van der Waals surface area contributed by atoms with Crippen LogP contribution in [0.25, 0.3) is 11.1 Å². The van der Waals surface area contributed by atoms with Gasteiger partial charge in [-0.2, -0.15) is 5.10 Å². The summed E-state index contributed by atoms with van der Waals surface area (Å²) in [6, 6.07) is 17.0. The first kappa shape index (κ1) is 31.5. The highest BCUT2D eigenvalue weighted by atomic mass is 35.5. The number of aliphatic hydroxyl groups is 2. The number of nitrogens with one attached hydrogen (secondary N) is 2. The van der Waals surface area contributed by atoms with Gasteiger partial charge in [-0.1, -0.05) is 41.9 Å². The summed E-state index contributed by atoms with van der Waals surface area (Å²) in [5, 5.41) is 30.2. The van der Waals surface area contributed by atoms with Crippen LogP contribution in [-0.4, -0.2) is 80.6 Å². The van der Waals surface area contributed by atoms with E-state index in [1.165, 1.54) is 0 Å². The van der Waals surface area contributed by atoms with Crippen LogP contribution in [0.1, 0.15) is 63.1 Å². The van der Waals surface area contributed by atoms with E-state index in [-0.39, 0.29) is 36.3 Å². The first-order chi connectivity index (χ1) is 22.9. The Kier molecular flexibility index (Phi) is 9.07. The van der Waals surface area contributed by atoms with Crippen LogP contribution in [0.3, 0.4) is 0 Å². The lowest BCUT2D eigenvalue weighted by Crippen LogP contribution is -2.32.